The number of benzene rings is 2. The summed E-state index contributed by atoms with van der Waals surface area (Å²) in [4.78, 5) is 56.6. The Balaban J connectivity index is 1.45. The number of halogens is 1. The second kappa shape index (κ2) is 12.9. The van der Waals surface area contributed by atoms with Crippen LogP contribution >= 0.6 is 0 Å². The summed E-state index contributed by atoms with van der Waals surface area (Å²) in [6, 6.07) is 17.7. The zero-order valence-corrected chi connectivity index (χ0v) is 22.4. The number of ketones is 1. The number of carbonyl (C=O) groups excluding carboxylic acids is 3. The largest absolute Gasteiger partial charge is 0.445 e. The van der Waals surface area contributed by atoms with Gasteiger partial charge >= 0.3 is 6.09 Å². The van der Waals surface area contributed by atoms with Crippen molar-refractivity contribution >= 4 is 36.9 Å². The number of anilines is 1. The maximum atomic E-state index is 13.2. The molecule has 0 bridgehead atoms. The number of ether oxygens (including phenoxy) is 1. The normalized spacial score (nSPS) is 11.4. The lowest BCUT2D eigenvalue weighted by Crippen LogP contribution is -2.44. The van der Waals surface area contributed by atoms with Gasteiger partial charge in [0.15, 0.2) is 5.78 Å². The van der Waals surface area contributed by atoms with Crippen molar-refractivity contribution in [2.75, 3.05) is 12.4 Å². The van der Waals surface area contributed by atoms with E-state index in [1.807, 2.05) is 30.3 Å². The lowest BCUT2D eigenvalue weighted by Gasteiger charge is -2.23. The Kier molecular flexibility index (Phi) is 9.08. The van der Waals surface area contributed by atoms with E-state index in [2.05, 4.69) is 10.3 Å². The van der Waals surface area contributed by atoms with Crippen LogP contribution in [-0.2, 0) is 22.7 Å². The maximum absolute atomic E-state index is 13.2. The van der Waals surface area contributed by atoms with Crippen LogP contribution in [0.4, 0.5) is 14.9 Å². The third kappa shape index (κ3) is 7.13. The average molecular weight is 552 g/mol. The van der Waals surface area contributed by atoms with Gasteiger partial charge in [-0.2, -0.15) is 0 Å². The van der Waals surface area contributed by atoms with Crippen molar-refractivity contribution in [3.63, 3.8) is 0 Å². The van der Waals surface area contributed by atoms with E-state index in [-0.39, 0.29) is 41.3 Å². The molecule has 0 aliphatic heterocycles. The zero-order valence-electron chi connectivity index (χ0n) is 22.4. The summed E-state index contributed by atoms with van der Waals surface area (Å²) in [6.07, 6.45) is 2.16. The van der Waals surface area contributed by atoms with Crippen LogP contribution < -0.4 is 16.5 Å². The first-order valence-corrected chi connectivity index (χ1v) is 12.6. The number of nitrogens with one attached hydrogen (secondary N) is 1. The summed E-state index contributed by atoms with van der Waals surface area (Å²) in [5, 5.41) is 2.55. The van der Waals surface area contributed by atoms with Crippen LogP contribution in [0, 0.1) is 5.82 Å². The van der Waals surface area contributed by atoms with Crippen LogP contribution in [0.25, 0.3) is 0 Å². The lowest BCUT2D eigenvalue weighted by molar-refractivity contribution is -0.120. The first-order valence-electron chi connectivity index (χ1n) is 12.6. The molecule has 0 saturated heterocycles. The summed E-state index contributed by atoms with van der Waals surface area (Å²) in [6.45, 7) is 1.52. The minimum Gasteiger partial charge on any atom is -0.445 e. The molecule has 2 aromatic heterocycles. The van der Waals surface area contributed by atoms with E-state index >= 15 is 0 Å². The summed E-state index contributed by atoms with van der Waals surface area (Å²) in [5.74, 6) is -1.42. The van der Waals surface area contributed by atoms with Gasteiger partial charge in [0.25, 0.3) is 5.56 Å². The van der Waals surface area contributed by atoms with Gasteiger partial charge < -0.3 is 14.6 Å². The number of rotatable bonds is 9. The molecular formula is C30H26BFN4O5. The minimum atomic E-state index is -0.956. The highest BCUT2D eigenvalue weighted by Crippen LogP contribution is 2.13. The van der Waals surface area contributed by atoms with E-state index in [1.54, 1.807) is 6.07 Å². The SMILES string of the molecule is [B]c1ccc(NC(=O)[C@H](C)N(C)C(=O)OCc2ccccc2)c(=O)n1Cc1cncc(C(=O)c2ccc(F)cc2)c1. The number of amides is 2. The van der Waals surface area contributed by atoms with Crippen molar-refractivity contribution in [1.29, 1.82) is 0 Å². The number of nitrogens with zero attached hydrogens (tertiary/aromatic N) is 3. The summed E-state index contributed by atoms with van der Waals surface area (Å²) >= 11 is 0. The zero-order chi connectivity index (χ0) is 29.5. The fraction of sp³-hybridized carbons (Fsp3) is 0.167. The second-order valence-corrected chi connectivity index (χ2v) is 9.30. The van der Waals surface area contributed by atoms with Crippen molar-refractivity contribution in [3.05, 3.63) is 124 Å². The standard InChI is InChI=1S/C30H26BFN4O5/c1-19(35(2)30(40)41-18-20-6-4-3-5-7-20)28(38)34-25-12-13-26(31)36(29(25)39)17-21-14-23(16-33-15-21)27(37)22-8-10-24(32)11-9-22/h3-16,19H,17-18H2,1-2H3,(H,34,38)/t19-/m0/s1. The van der Waals surface area contributed by atoms with Gasteiger partial charge in [0.2, 0.25) is 5.91 Å². The van der Waals surface area contributed by atoms with Crippen LogP contribution in [0.15, 0.2) is 90.0 Å². The quantitative estimate of drug-likeness (QED) is 0.253. The van der Waals surface area contributed by atoms with E-state index in [4.69, 9.17) is 12.6 Å². The molecule has 0 unspecified atom stereocenters. The smallest absolute Gasteiger partial charge is 0.410 e. The molecule has 2 heterocycles. The molecule has 2 radical (unpaired) electrons. The Morgan fingerprint density at radius 2 is 1.71 bits per heavy atom. The fourth-order valence-corrected chi connectivity index (χ4v) is 3.89. The Hall–Kier alpha value is -5.06. The molecule has 9 nitrogen and oxygen atoms in total. The van der Waals surface area contributed by atoms with Crippen LogP contribution in [-0.4, -0.2) is 53.2 Å². The van der Waals surface area contributed by atoms with E-state index in [0.29, 0.717) is 5.56 Å². The summed E-state index contributed by atoms with van der Waals surface area (Å²) < 4.78 is 19.7. The first kappa shape index (κ1) is 28.9. The lowest BCUT2D eigenvalue weighted by atomic mass is 10.0. The number of likely N-dealkylation sites (N-methyl/N-ethyl adjacent to an activating group) is 1. The van der Waals surface area contributed by atoms with Crippen molar-refractivity contribution in [3.8, 4) is 0 Å². The third-order valence-electron chi connectivity index (χ3n) is 6.42. The monoisotopic (exact) mass is 552 g/mol. The number of carbonyl (C=O) groups is 3. The number of hydrogen-bond donors (Lipinski definition) is 1. The second-order valence-electron chi connectivity index (χ2n) is 9.30. The molecule has 206 valence electrons. The number of pyridine rings is 2. The summed E-state index contributed by atoms with van der Waals surface area (Å²) in [7, 11) is 7.48. The highest BCUT2D eigenvalue weighted by molar-refractivity contribution is 6.30. The Morgan fingerprint density at radius 3 is 2.41 bits per heavy atom. The van der Waals surface area contributed by atoms with Crippen molar-refractivity contribution in [1.82, 2.24) is 14.5 Å². The molecule has 1 atom stereocenters. The van der Waals surface area contributed by atoms with Crippen molar-refractivity contribution in [2.24, 2.45) is 0 Å². The van der Waals surface area contributed by atoms with Gasteiger partial charge in [0.05, 0.1) is 6.54 Å². The van der Waals surface area contributed by atoms with Gasteiger partial charge in [-0.1, -0.05) is 36.4 Å². The van der Waals surface area contributed by atoms with Crippen molar-refractivity contribution in [2.45, 2.75) is 26.1 Å². The van der Waals surface area contributed by atoms with Crippen molar-refractivity contribution < 1.29 is 23.5 Å². The predicted octanol–water partition coefficient (Wildman–Crippen LogP) is 3.05. The molecule has 4 rings (SSSR count). The van der Waals surface area contributed by atoms with E-state index < -0.39 is 29.4 Å². The topological polar surface area (TPSA) is 111 Å². The molecule has 0 saturated carbocycles. The Morgan fingerprint density at radius 1 is 1.00 bits per heavy atom. The minimum absolute atomic E-state index is 0.0345. The molecule has 2 aromatic carbocycles. The summed E-state index contributed by atoms with van der Waals surface area (Å²) in [5.41, 5.74) is 1.33. The van der Waals surface area contributed by atoms with E-state index in [1.165, 1.54) is 67.3 Å². The highest BCUT2D eigenvalue weighted by Gasteiger charge is 2.24. The molecule has 0 aliphatic carbocycles. The third-order valence-corrected chi connectivity index (χ3v) is 6.42. The van der Waals surface area contributed by atoms with Crippen LogP contribution in [0.5, 0.6) is 0 Å². The first-order chi connectivity index (χ1) is 19.6. The molecule has 11 heteroatoms. The molecule has 0 aliphatic rings. The number of aromatic nitrogens is 2. The van der Waals surface area contributed by atoms with Gasteiger partial charge in [-0.25, -0.2) is 9.18 Å². The maximum Gasteiger partial charge on any atom is 0.410 e. The predicted molar refractivity (Wildman–Crippen MR) is 152 cm³/mol. The molecule has 41 heavy (non-hydrogen) atoms. The van der Waals surface area contributed by atoms with E-state index in [0.717, 1.165) is 10.5 Å². The van der Waals surface area contributed by atoms with E-state index in [9.17, 15) is 23.6 Å². The van der Waals surface area contributed by atoms with Gasteiger partial charge in [0.1, 0.15) is 32.0 Å². The van der Waals surface area contributed by atoms with Gasteiger partial charge in [0, 0.05) is 30.6 Å². The molecule has 2 amide bonds. The number of hydrogen-bond acceptors (Lipinski definition) is 6. The van der Waals surface area contributed by atoms with Gasteiger partial charge in [-0.05, 0) is 60.0 Å². The molecule has 0 fully saturated rings. The Labute approximate surface area is 237 Å². The van der Waals surface area contributed by atoms with Gasteiger partial charge in [-0.15, -0.1) is 0 Å². The highest BCUT2D eigenvalue weighted by atomic mass is 19.1. The molecule has 4 aromatic rings. The molecular weight excluding hydrogens is 526 g/mol. The van der Waals surface area contributed by atoms with Crippen LogP contribution in [0.2, 0.25) is 0 Å². The van der Waals surface area contributed by atoms with Crippen LogP contribution in [0.3, 0.4) is 0 Å². The molecule has 0 spiro atoms. The fourth-order valence-electron chi connectivity index (χ4n) is 3.89. The van der Waals surface area contributed by atoms with Crippen LogP contribution in [0.1, 0.15) is 34.0 Å². The molecule has 1 N–H and O–H groups in total. The van der Waals surface area contributed by atoms with Gasteiger partial charge in [-0.3, -0.25) is 24.3 Å². The average Bonchev–Trinajstić information content (AvgIpc) is 2.99. The Bertz CT molecular complexity index is 1630.